The van der Waals surface area contributed by atoms with Gasteiger partial charge in [-0.1, -0.05) is 58.9 Å². The minimum atomic E-state index is 0.143. The van der Waals surface area contributed by atoms with Crippen molar-refractivity contribution >= 4 is 0 Å². The molecule has 0 radical (unpaired) electrons. The van der Waals surface area contributed by atoms with Crippen LogP contribution in [-0.4, -0.2) is 29.4 Å². The topological polar surface area (TPSA) is 52.5 Å². The average molecular weight is 562 g/mol. The molecule has 0 amide bonds. The lowest BCUT2D eigenvalue weighted by Gasteiger charge is -2.73. The highest BCUT2D eigenvalue weighted by Gasteiger charge is 2.70. The Morgan fingerprint density at radius 2 is 1.59 bits per heavy atom. The Bertz CT molecular complexity index is 1140. The molecule has 10 atom stereocenters. The number of phenolic OH excluding ortho intramolecular Hbond substituents is 1. The third-order valence-corrected chi connectivity index (χ3v) is 15.3. The van der Waals surface area contributed by atoms with Crippen molar-refractivity contribution in [3.63, 3.8) is 0 Å². The molecular formula is C38H59NO2. The van der Waals surface area contributed by atoms with Gasteiger partial charge in [0.2, 0.25) is 0 Å². The molecule has 228 valence electrons. The van der Waals surface area contributed by atoms with Gasteiger partial charge in [-0.15, -0.1) is 0 Å². The quantitative estimate of drug-likeness (QED) is 0.305. The molecule has 0 saturated heterocycles. The maximum atomic E-state index is 10.8. The highest BCUT2D eigenvalue weighted by Crippen LogP contribution is 2.77. The van der Waals surface area contributed by atoms with E-state index in [1.165, 1.54) is 75.3 Å². The lowest BCUT2D eigenvalue weighted by atomic mass is 9.32. The number of aromatic hydroxyl groups is 1. The number of hydrogen-bond acceptors (Lipinski definition) is 3. The number of allylic oxidation sites excluding steroid dienone is 1. The summed E-state index contributed by atoms with van der Waals surface area (Å²) in [4.78, 5) is 0. The second-order valence-electron chi connectivity index (χ2n) is 17.0. The molecular weight excluding hydrogens is 502 g/mol. The number of phenols is 1. The highest BCUT2D eigenvalue weighted by molar-refractivity contribution is 5.26. The third-order valence-electron chi connectivity index (χ3n) is 15.3. The molecule has 3 heteroatoms. The van der Waals surface area contributed by atoms with Crippen molar-refractivity contribution < 1.29 is 10.2 Å². The van der Waals surface area contributed by atoms with E-state index in [-0.39, 0.29) is 10.8 Å². The lowest BCUT2D eigenvalue weighted by Crippen LogP contribution is -2.67. The van der Waals surface area contributed by atoms with Crippen LogP contribution in [0, 0.1) is 56.7 Å². The Hall–Kier alpha value is -1.32. The summed E-state index contributed by atoms with van der Waals surface area (Å²) >= 11 is 0. The summed E-state index contributed by atoms with van der Waals surface area (Å²) in [7, 11) is 0. The first-order valence-electron chi connectivity index (χ1n) is 17.1. The number of fused-ring (bicyclic) bond motifs is 7. The SMILES string of the molecule is C=C(C)[C@@H]1CC[C@]2(CO)CC[C@]3(C)[C@H](CC[C@@H]4[C@@]5(C)CCC(NCCc6ccc(O)cc6)C(C)(C)[C@@H]5CC[C@]43C)[C@@H]12. The minimum absolute atomic E-state index is 0.143. The van der Waals surface area contributed by atoms with Crippen LogP contribution < -0.4 is 5.32 Å². The first-order valence-corrected chi connectivity index (χ1v) is 17.1. The maximum absolute atomic E-state index is 10.8. The van der Waals surface area contributed by atoms with Crippen LogP contribution >= 0.6 is 0 Å². The van der Waals surface area contributed by atoms with Gasteiger partial charge in [0.25, 0.3) is 0 Å². The second kappa shape index (κ2) is 10.1. The first kappa shape index (κ1) is 29.7. The minimum Gasteiger partial charge on any atom is -0.508 e. The van der Waals surface area contributed by atoms with Crippen LogP contribution in [0.1, 0.15) is 111 Å². The average Bonchev–Trinajstić information content (AvgIpc) is 3.32. The van der Waals surface area contributed by atoms with E-state index in [0.717, 1.165) is 30.7 Å². The number of aliphatic hydroxyl groups excluding tert-OH is 1. The summed E-state index contributed by atoms with van der Waals surface area (Å²) in [5.74, 6) is 3.83. The van der Waals surface area contributed by atoms with Crippen LogP contribution in [0.2, 0.25) is 0 Å². The molecule has 1 unspecified atom stereocenters. The fourth-order valence-electron chi connectivity index (χ4n) is 13.0. The smallest absolute Gasteiger partial charge is 0.115 e. The zero-order valence-corrected chi connectivity index (χ0v) is 27.1. The Morgan fingerprint density at radius 1 is 0.854 bits per heavy atom. The van der Waals surface area contributed by atoms with Gasteiger partial charge in [-0.05, 0) is 158 Å². The van der Waals surface area contributed by atoms with E-state index in [1.807, 2.05) is 0 Å². The van der Waals surface area contributed by atoms with Crippen LogP contribution in [-0.2, 0) is 6.42 Å². The maximum Gasteiger partial charge on any atom is 0.115 e. The van der Waals surface area contributed by atoms with Crippen LogP contribution in [0.25, 0.3) is 0 Å². The largest absolute Gasteiger partial charge is 0.508 e. The lowest BCUT2D eigenvalue weighted by molar-refractivity contribution is -0.241. The van der Waals surface area contributed by atoms with Crippen molar-refractivity contribution in [1.82, 2.24) is 5.32 Å². The second-order valence-corrected chi connectivity index (χ2v) is 17.0. The van der Waals surface area contributed by atoms with Gasteiger partial charge >= 0.3 is 0 Å². The molecule has 3 N–H and O–H groups in total. The van der Waals surface area contributed by atoms with Gasteiger partial charge in [0, 0.05) is 12.6 Å². The van der Waals surface area contributed by atoms with Gasteiger partial charge in [0.05, 0.1) is 0 Å². The van der Waals surface area contributed by atoms with Crippen molar-refractivity contribution in [2.45, 2.75) is 118 Å². The van der Waals surface area contributed by atoms with Crippen LogP contribution in [0.3, 0.4) is 0 Å². The zero-order chi connectivity index (χ0) is 29.4. The Morgan fingerprint density at radius 3 is 2.27 bits per heavy atom. The molecule has 5 fully saturated rings. The van der Waals surface area contributed by atoms with E-state index in [9.17, 15) is 10.2 Å². The summed E-state index contributed by atoms with van der Waals surface area (Å²) in [6.45, 7) is 21.4. The predicted octanol–water partition coefficient (Wildman–Crippen LogP) is 8.54. The van der Waals surface area contributed by atoms with Gasteiger partial charge in [-0.25, -0.2) is 0 Å². The standard InChI is InChI=1S/C38H59NO2/c1-25(2)28-14-20-38(24-40)22-21-36(6)29(33(28)38)12-13-31-35(5)18-16-32(34(3,4)30(35)15-19-37(31,36)7)39-23-17-26-8-10-27(41)11-9-26/h8-11,28-33,39-41H,1,12-24H2,2-7H3/t28-,29+,30-,31+,32?,33+,35-,36+,37+,38+/m0/s1. The molecule has 0 spiro atoms. The fraction of sp³-hybridized carbons (Fsp3) is 0.789. The Balaban J connectivity index is 1.22. The number of nitrogens with one attached hydrogen (secondary N) is 1. The van der Waals surface area contributed by atoms with Crippen molar-refractivity contribution in [3.05, 3.63) is 42.0 Å². The summed E-state index contributed by atoms with van der Waals surface area (Å²) < 4.78 is 0. The molecule has 5 saturated carbocycles. The number of rotatable bonds is 6. The van der Waals surface area contributed by atoms with Crippen molar-refractivity contribution in [3.8, 4) is 5.75 Å². The summed E-state index contributed by atoms with van der Waals surface area (Å²) in [6.07, 6.45) is 14.0. The molecule has 6 rings (SSSR count). The first-order chi connectivity index (χ1) is 19.3. The summed E-state index contributed by atoms with van der Waals surface area (Å²) in [5, 5.41) is 24.4. The van der Waals surface area contributed by atoms with Gasteiger partial charge < -0.3 is 15.5 Å². The van der Waals surface area contributed by atoms with E-state index in [1.54, 1.807) is 12.1 Å². The zero-order valence-electron chi connectivity index (χ0n) is 27.1. The molecule has 0 bridgehead atoms. The van der Waals surface area contributed by atoms with Gasteiger partial charge in [0.15, 0.2) is 0 Å². The number of hydrogen-bond donors (Lipinski definition) is 3. The van der Waals surface area contributed by atoms with E-state index in [4.69, 9.17) is 0 Å². The van der Waals surface area contributed by atoms with Gasteiger partial charge in [-0.2, -0.15) is 0 Å². The normalized spacial score (nSPS) is 46.6. The van der Waals surface area contributed by atoms with E-state index in [0.29, 0.717) is 46.5 Å². The van der Waals surface area contributed by atoms with Crippen molar-refractivity contribution in [2.75, 3.05) is 13.2 Å². The Labute approximate surface area is 251 Å². The number of benzene rings is 1. The predicted molar refractivity (Wildman–Crippen MR) is 170 cm³/mol. The molecule has 3 nitrogen and oxygen atoms in total. The van der Waals surface area contributed by atoms with Crippen molar-refractivity contribution in [1.29, 1.82) is 0 Å². The molecule has 0 heterocycles. The van der Waals surface area contributed by atoms with Crippen LogP contribution in [0.15, 0.2) is 36.4 Å². The number of aliphatic hydroxyl groups is 1. The summed E-state index contributed by atoms with van der Waals surface area (Å²) in [6, 6.07) is 8.28. The van der Waals surface area contributed by atoms with Gasteiger partial charge in [0.1, 0.15) is 5.75 Å². The molecule has 0 aromatic heterocycles. The monoisotopic (exact) mass is 561 g/mol. The fourth-order valence-corrected chi connectivity index (χ4v) is 13.0. The molecule has 1 aromatic rings. The molecule has 41 heavy (non-hydrogen) atoms. The third kappa shape index (κ3) is 4.25. The van der Waals surface area contributed by atoms with E-state index < -0.39 is 0 Å². The van der Waals surface area contributed by atoms with Crippen LogP contribution in [0.5, 0.6) is 5.75 Å². The molecule has 5 aliphatic rings. The highest BCUT2D eigenvalue weighted by atomic mass is 16.3. The van der Waals surface area contributed by atoms with Crippen molar-refractivity contribution in [2.24, 2.45) is 56.7 Å². The summed E-state index contributed by atoms with van der Waals surface area (Å²) in [5.41, 5.74) is 4.21. The molecule has 1 aromatic carbocycles. The van der Waals surface area contributed by atoms with E-state index >= 15 is 0 Å². The Kier molecular flexibility index (Phi) is 7.34. The molecule has 0 aliphatic heterocycles. The molecule has 5 aliphatic carbocycles. The van der Waals surface area contributed by atoms with E-state index in [2.05, 4.69) is 65.6 Å². The van der Waals surface area contributed by atoms with Gasteiger partial charge in [-0.3, -0.25) is 0 Å². The van der Waals surface area contributed by atoms with Crippen LogP contribution in [0.4, 0.5) is 0 Å².